The fourth-order valence-corrected chi connectivity index (χ4v) is 7.20. The molecule has 1 aromatic carbocycles. The molecule has 0 amide bonds. The zero-order valence-electron chi connectivity index (χ0n) is 14.4. The molecule has 7 saturated carbocycles. The highest BCUT2D eigenvalue weighted by molar-refractivity contribution is 5.96. The molecule has 0 radical (unpaired) electrons. The Morgan fingerprint density at radius 1 is 0.846 bits per heavy atom. The summed E-state index contributed by atoms with van der Waals surface area (Å²) < 4.78 is 10.7. The first kappa shape index (κ1) is 14.9. The van der Waals surface area contributed by atoms with Gasteiger partial charge in [0.15, 0.2) is 0 Å². The number of Topliss-reactive ketones (excluding diaryl/α,β-unsaturated/α-hetero) is 1. The number of ketones is 1. The highest BCUT2D eigenvalue weighted by Gasteiger charge is 2.89. The van der Waals surface area contributed by atoms with Gasteiger partial charge in [0.05, 0.1) is 18.9 Å². The van der Waals surface area contributed by atoms with E-state index in [1.165, 1.54) is 7.11 Å². The Balaban J connectivity index is 1.30. The number of esters is 2. The first-order chi connectivity index (χ1) is 12.6. The van der Waals surface area contributed by atoms with Gasteiger partial charge in [-0.1, -0.05) is 30.3 Å². The third-order valence-electron chi connectivity index (χ3n) is 7.89. The van der Waals surface area contributed by atoms with Crippen LogP contribution in [0.25, 0.3) is 0 Å². The molecular weight excluding hydrogens is 332 g/mol. The van der Waals surface area contributed by atoms with Crippen molar-refractivity contribution in [2.75, 3.05) is 7.11 Å². The van der Waals surface area contributed by atoms with Gasteiger partial charge in [-0.05, 0) is 41.1 Å². The molecule has 1 aromatic rings. The lowest BCUT2D eigenvalue weighted by Crippen LogP contribution is -2.51. The summed E-state index contributed by atoms with van der Waals surface area (Å²) in [5.74, 6) is 0.665. The minimum Gasteiger partial charge on any atom is -0.469 e. The molecule has 5 nitrogen and oxygen atoms in total. The van der Waals surface area contributed by atoms with Crippen molar-refractivity contribution >= 4 is 17.7 Å². The van der Waals surface area contributed by atoms with Gasteiger partial charge in [0, 0.05) is 11.8 Å². The van der Waals surface area contributed by atoms with Crippen molar-refractivity contribution < 1.29 is 23.9 Å². The van der Waals surface area contributed by atoms with Gasteiger partial charge in [-0.15, -0.1) is 0 Å². The van der Waals surface area contributed by atoms with Crippen LogP contribution in [0.3, 0.4) is 0 Å². The summed E-state index contributed by atoms with van der Waals surface area (Å²) in [6, 6.07) is 9.57. The third-order valence-corrected chi connectivity index (χ3v) is 7.89. The number of carbonyl (C=O) groups is 3. The molecule has 26 heavy (non-hydrogen) atoms. The third kappa shape index (κ3) is 1.60. The number of ether oxygens (including phenoxy) is 2. The molecule has 7 unspecified atom stereocenters. The average Bonchev–Trinajstić information content (AvgIpc) is 3.57. The van der Waals surface area contributed by atoms with E-state index >= 15 is 0 Å². The Morgan fingerprint density at radius 2 is 1.38 bits per heavy atom. The van der Waals surface area contributed by atoms with Gasteiger partial charge in [0.2, 0.25) is 0 Å². The topological polar surface area (TPSA) is 69.7 Å². The Labute approximate surface area is 151 Å². The van der Waals surface area contributed by atoms with Crippen molar-refractivity contribution in [3.05, 3.63) is 35.9 Å². The molecule has 8 atom stereocenters. The van der Waals surface area contributed by atoms with E-state index in [9.17, 15) is 14.4 Å². The first-order valence-electron chi connectivity index (χ1n) is 9.47. The van der Waals surface area contributed by atoms with Crippen LogP contribution in [-0.2, 0) is 30.5 Å². The summed E-state index contributed by atoms with van der Waals surface area (Å²) in [5, 5.41) is 0. The molecule has 0 spiro atoms. The van der Waals surface area contributed by atoms with Crippen LogP contribution in [-0.4, -0.2) is 24.8 Å². The predicted molar refractivity (Wildman–Crippen MR) is 88.2 cm³/mol. The Bertz CT molecular complexity index is 806. The van der Waals surface area contributed by atoms with Gasteiger partial charge in [-0.3, -0.25) is 14.4 Å². The number of hydrogen-bond acceptors (Lipinski definition) is 5. The van der Waals surface area contributed by atoms with Crippen molar-refractivity contribution in [1.82, 2.24) is 0 Å². The first-order valence-corrected chi connectivity index (χ1v) is 9.47. The minimum absolute atomic E-state index is 0.101. The summed E-state index contributed by atoms with van der Waals surface area (Å²) in [7, 11) is 1.39. The van der Waals surface area contributed by atoms with E-state index in [0.717, 1.165) is 5.56 Å². The number of hydrogen-bond donors (Lipinski definition) is 0. The van der Waals surface area contributed by atoms with Crippen LogP contribution in [0.4, 0.5) is 0 Å². The van der Waals surface area contributed by atoms with Gasteiger partial charge in [-0.25, -0.2) is 0 Å². The lowest BCUT2D eigenvalue weighted by atomic mass is 9.58. The molecule has 7 aliphatic carbocycles. The lowest BCUT2D eigenvalue weighted by molar-refractivity contribution is -0.173. The summed E-state index contributed by atoms with van der Waals surface area (Å²) in [5.41, 5.74) is 0.933. The lowest BCUT2D eigenvalue weighted by Gasteiger charge is -2.44. The standard InChI is InChI=1S/C21H20O5/c1-25-20(23)17-13-9-11-14(12-10(13)16(12)19(22)15(9)11)18(17)21(24)26-7-8-5-3-2-4-6-8/h2-6,9-18H,7H2,1H3/t9?,10?,11?,12?,13?,14?,15?,16?,17?,18-/m0/s1. The number of carbonyl (C=O) groups excluding carboxylic acids is 3. The molecular formula is C21H20O5. The van der Waals surface area contributed by atoms with Gasteiger partial charge in [0.25, 0.3) is 0 Å². The number of benzene rings is 1. The molecule has 8 rings (SSSR count). The second kappa shape index (κ2) is 4.76. The molecule has 8 bridgehead atoms. The Kier molecular flexibility index (Phi) is 2.73. The zero-order chi connectivity index (χ0) is 17.7. The number of rotatable bonds is 4. The highest BCUT2D eigenvalue weighted by atomic mass is 16.5. The molecule has 0 heterocycles. The van der Waals surface area contributed by atoms with Crippen LogP contribution in [0.1, 0.15) is 5.56 Å². The van der Waals surface area contributed by atoms with Crippen LogP contribution in [0.5, 0.6) is 0 Å². The summed E-state index contributed by atoms with van der Waals surface area (Å²) in [6.07, 6.45) is 0. The summed E-state index contributed by atoms with van der Waals surface area (Å²) in [4.78, 5) is 38.0. The molecule has 5 heteroatoms. The van der Waals surface area contributed by atoms with Gasteiger partial charge < -0.3 is 9.47 Å². The SMILES string of the molecule is COC(=O)C1C2C3C4C(=O)C5C2C5C(C43)[C@@H]1C(=O)OCc1ccccc1. The van der Waals surface area contributed by atoms with Crippen molar-refractivity contribution in [2.24, 2.45) is 59.2 Å². The van der Waals surface area contributed by atoms with Crippen LogP contribution in [0.2, 0.25) is 0 Å². The number of methoxy groups -OCH3 is 1. The minimum atomic E-state index is -0.443. The molecule has 134 valence electrons. The predicted octanol–water partition coefficient (Wildman–Crippen LogP) is 1.70. The molecule has 7 fully saturated rings. The van der Waals surface area contributed by atoms with Crippen molar-refractivity contribution in [3.8, 4) is 0 Å². The smallest absolute Gasteiger partial charge is 0.310 e. The second-order valence-electron chi connectivity index (χ2n) is 8.59. The van der Waals surface area contributed by atoms with Crippen molar-refractivity contribution in [2.45, 2.75) is 6.61 Å². The van der Waals surface area contributed by atoms with Crippen LogP contribution in [0.15, 0.2) is 30.3 Å². The maximum Gasteiger partial charge on any atom is 0.310 e. The van der Waals surface area contributed by atoms with E-state index in [2.05, 4.69) is 0 Å². The fourth-order valence-electron chi connectivity index (χ4n) is 7.20. The highest BCUT2D eigenvalue weighted by Crippen LogP contribution is 2.86. The maximum atomic E-state index is 13.0. The molecule has 0 aliphatic heterocycles. The van der Waals surface area contributed by atoms with Crippen LogP contribution in [0, 0.1) is 59.2 Å². The molecule has 0 N–H and O–H groups in total. The molecule has 0 saturated heterocycles. The summed E-state index contributed by atoms with van der Waals surface area (Å²) >= 11 is 0. The zero-order valence-corrected chi connectivity index (χ0v) is 14.4. The van der Waals surface area contributed by atoms with Gasteiger partial charge in [0.1, 0.15) is 12.4 Å². The largest absolute Gasteiger partial charge is 0.469 e. The average molecular weight is 352 g/mol. The van der Waals surface area contributed by atoms with Crippen LogP contribution >= 0.6 is 0 Å². The fraction of sp³-hybridized carbons (Fsp3) is 0.571. The van der Waals surface area contributed by atoms with E-state index in [0.29, 0.717) is 29.5 Å². The monoisotopic (exact) mass is 352 g/mol. The van der Waals surface area contributed by atoms with E-state index in [1.807, 2.05) is 30.3 Å². The second-order valence-corrected chi connectivity index (χ2v) is 8.59. The van der Waals surface area contributed by atoms with Gasteiger partial charge in [-0.2, -0.15) is 0 Å². The Hall–Kier alpha value is -2.17. The maximum absolute atomic E-state index is 13.0. The summed E-state index contributed by atoms with van der Waals surface area (Å²) in [6.45, 7) is 0.218. The van der Waals surface area contributed by atoms with Gasteiger partial charge >= 0.3 is 11.9 Å². The molecule has 7 aliphatic rings. The normalized spacial score (nSPS) is 48.0. The van der Waals surface area contributed by atoms with E-state index < -0.39 is 11.8 Å². The Morgan fingerprint density at radius 3 is 1.92 bits per heavy atom. The van der Waals surface area contributed by atoms with Crippen molar-refractivity contribution in [1.29, 1.82) is 0 Å². The number of fused-ring (bicyclic) bond motifs is 1. The van der Waals surface area contributed by atoms with E-state index in [-0.39, 0.29) is 42.2 Å². The molecule has 0 aromatic heterocycles. The van der Waals surface area contributed by atoms with Crippen molar-refractivity contribution in [3.63, 3.8) is 0 Å². The van der Waals surface area contributed by atoms with E-state index in [1.54, 1.807) is 0 Å². The van der Waals surface area contributed by atoms with Crippen LogP contribution < -0.4 is 0 Å². The van der Waals surface area contributed by atoms with E-state index in [4.69, 9.17) is 9.47 Å². The quantitative estimate of drug-likeness (QED) is 0.772.